The zero-order valence-corrected chi connectivity index (χ0v) is 21.6. The van der Waals surface area contributed by atoms with Crippen molar-refractivity contribution in [2.24, 2.45) is 0 Å². The molecule has 0 aliphatic carbocycles. The van der Waals surface area contributed by atoms with Crippen molar-refractivity contribution in [3.05, 3.63) is 131 Å². The summed E-state index contributed by atoms with van der Waals surface area (Å²) in [6.07, 6.45) is 3.46. The van der Waals surface area contributed by atoms with Crippen LogP contribution in [-0.4, -0.2) is 34.3 Å². The maximum atomic E-state index is 13.7. The highest BCUT2D eigenvalue weighted by molar-refractivity contribution is 5.95. The second kappa shape index (κ2) is 11.3. The lowest BCUT2D eigenvalue weighted by Crippen LogP contribution is -2.40. The maximum Gasteiger partial charge on any atom is 0.261 e. The van der Waals surface area contributed by atoms with Gasteiger partial charge in [-0.15, -0.1) is 0 Å². The van der Waals surface area contributed by atoms with Crippen LogP contribution >= 0.6 is 0 Å². The lowest BCUT2D eigenvalue weighted by Gasteiger charge is -2.38. The number of rotatable bonds is 7. The predicted molar refractivity (Wildman–Crippen MR) is 147 cm³/mol. The largest absolute Gasteiger partial charge is 0.481 e. The summed E-state index contributed by atoms with van der Waals surface area (Å²) in [4.78, 5) is 32.3. The van der Waals surface area contributed by atoms with Crippen LogP contribution in [0.5, 0.6) is 5.75 Å². The minimum Gasteiger partial charge on any atom is -0.481 e. The summed E-state index contributed by atoms with van der Waals surface area (Å²) in [7, 11) is 0. The Balaban J connectivity index is 1.41. The van der Waals surface area contributed by atoms with Crippen LogP contribution < -0.4 is 10.1 Å². The highest BCUT2D eigenvalue weighted by atomic mass is 16.5. The first-order valence-electron chi connectivity index (χ1n) is 12.9. The fourth-order valence-corrected chi connectivity index (χ4v) is 4.92. The van der Waals surface area contributed by atoms with Gasteiger partial charge in [-0.2, -0.15) is 0 Å². The Labute approximate surface area is 223 Å². The van der Waals surface area contributed by atoms with Gasteiger partial charge in [0.2, 0.25) is 0 Å². The number of aryl methyl sites for hydroxylation is 1. The molecular formula is C32H31N3O3. The first-order chi connectivity index (χ1) is 18.5. The standard InChI is InChI=1S/C32H31N3O3/c1-22-7-6-10-27(19-22)30-29-20-28(38-23(2)31(36)34-21-24-13-16-33-17-14-24)12-11-25(29)15-18-35(30)32(37)26-8-4-3-5-9-26/h3-14,16-17,19-20,23,30H,15,18,21H2,1-2H3,(H,34,36). The van der Waals surface area contributed by atoms with Crippen LogP contribution in [-0.2, 0) is 17.8 Å². The molecule has 1 aliphatic rings. The molecule has 0 saturated carbocycles. The highest BCUT2D eigenvalue weighted by Gasteiger charge is 2.33. The van der Waals surface area contributed by atoms with E-state index >= 15 is 0 Å². The van der Waals surface area contributed by atoms with Crippen molar-refractivity contribution in [3.63, 3.8) is 0 Å². The molecule has 2 amide bonds. The lowest BCUT2D eigenvalue weighted by molar-refractivity contribution is -0.127. The number of aromatic nitrogens is 1. The van der Waals surface area contributed by atoms with Crippen molar-refractivity contribution in [1.29, 1.82) is 0 Å². The lowest BCUT2D eigenvalue weighted by atomic mass is 9.87. The Hall–Kier alpha value is -4.45. The Bertz CT molecular complexity index is 1420. The summed E-state index contributed by atoms with van der Waals surface area (Å²) in [6.45, 7) is 4.82. The summed E-state index contributed by atoms with van der Waals surface area (Å²) < 4.78 is 6.09. The molecule has 2 atom stereocenters. The van der Waals surface area contributed by atoms with E-state index in [0.29, 0.717) is 24.4 Å². The van der Waals surface area contributed by atoms with Crippen molar-refractivity contribution in [3.8, 4) is 5.75 Å². The monoisotopic (exact) mass is 505 g/mol. The molecule has 1 N–H and O–H groups in total. The van der Waals surface area contributed by atoms with Gasteiger partial charge in [0, 0.05) is 31.0 Å². The molecule has 0 fully saturated rings. The molecule has 0 bridgehead atoms. The van der Waals surface area contributed by atoms with Gasteiger partial charge in [-0.25, -0.2) is 0 Å². The Morgan fingerprint density at radius 2 is 1.79 bits per heavy atom. The molecule has 5 rings (SSSR count). The number of fused-ring (bicyclic) bond motifs is 1. The highest BCUT2D eigenvalue weighted by Crippen LogP contribution is 2.38. The van der Waals surface area contributed by atoms with Crippen molar-refractivity contribution < 1.29 is 14.3 Å². The van der Waals surface area contributed by atoms with E-state index in [-0.39, 0.29) is 17.9 Å². The fourth-order valence-electron chi connectivity index (χ4n) is 4.92. The number of benzene rings is 3. The third kappa shape index (κ3) is 5.59. The van der Waals surface area contributed by atoms with Gasteiger partial charge in [0.05, 0.1) is 6.04 Å². The van der Waals surface area contributed by atoms with Gasteiger partial charge in [0.15, 0.2) is 6.10 Å². The van der Waals surface area contributed by atoms with Crippen molar-refractivity contribution in [2.45, 2.75) is 39.0 Å². The number of ether oxygens (including phenoxy) is 1. The van der Waals surface area contributed by atoms with Gasteiger partial charge >= 0.3 is 0 Å². The first-order valence-corrected chi connectivity index (χ1v) is 12.9. The summed E-state index contributed by atoms with van der Waals surface area (Å²) in [6, 6.07) is 27.1. The van der Waals surface area contributed by atoms with E-state index in [0.717, 1.165) is 28.7 Å². The van der Waals surface area contributed by atoms with Gasteiger partial charge in [-0.1, -0.05) is 54.1 Å². The second-order valence-corrected chi connectivity index (χ2v) is 9.63. The zero-order chi connectivity index (χ0) is 26.5. The van der Waals surface area contributed by atoms with E-state index in [1.807, 2.05) is 65.6 Å². The van der Waals surface area contributed by atoms with Gasteiger partial charge in [0.25, 0.3) is 11.8 Å². The van der Waals surface area contributed by atoms with Crippen LogP contribution in [0.4, 0.5) is 0 Å². The summed E-state index contributed by atoms with van der Waals surface area (Å²) in [5.74, 6) is 0.399. The Morgan fingerprint density at radius 1 is 1.00 bits per heavy atom. The molecule has 38 heavy (non-hydrogen) atoms. The smallest absolute Gasteiger partial charge is 0.261 e. The number of hydrogen-bond donors (Lipinski definition) is 1. The van der Waals surface area contributed by atoms with Crippen LogP contribution in [0.15, 0.2) is 97.3 Å². The maximum absolute atomic E-state index is 13.7. The minimum atomic E-state index is -0.682. The summed E-state index contributed by atoms with van der Waals surface area (Å²) in [5, 5.41) is 2.92. The Kier molecular flexibility index (Phi) is 7.50. The molecule has 3 aromatic carbocycles. The number of nitrogens with one attached hydrogen (secondary N) is 1. The van der Waals surface area contributed by atoms with E-state index in [2.05, 4.69) is 41.5 Å². The van der Waals surface area contributed by atoms with Gasteiger partial charge in [-0.3, -0.25) is 14.6 Å². The molecule has 6 heteroatoms. The second-order valence-electron chi connectivity index (χ2n) is 9.63. The average Bonchev–Trinajstić information content (AvgIpc) is 2.95. The van der Waals surface area contributed by atoms with E-state index < -0.39 is 6.10 Å². The van der Waals surface area contributed by atoms with Crippen molar-refractivity contribution in [2.75, 3.05) is 6.54 Å². The molecule has 1 aromatic heterocycles. The third-order valence-corrected chi connectivity index (χ3v) is 6.88. The van der Waals surface area contributed by atoms with Gasteiger partial charge in [-0.05, 0) is 78.9 Å². The number of hydrogen-bond acceptors (Lipinski definition) is 4. The molecule has 4 aromatic rings. The van der Waals surface area contributed by atoms with E-state index in [4.69, 9.17) is 4.74 Å². The summed E-state index contributed by atoms with van der Waals surface area (Å²) >= 11 is 0. The topological polar surface area (TPSA) is 71.5 Å². The van der Waals surface area contributed by atoms with Crippen molar-refractivity contribution >= 4 is 11.8 Å². The minimum absolute atomic E-state index is 0.00191. The van der Waals surface area contributed by atoms with Crippen LogP contribution in [0.25, 0.3) is 0 Å². The number of carbonyl (C=O) groups excluding carboxylic acids is 2. The normalized spacial score (nSPS) is 15.3. The number of nitrogens with zero attached hydrogens (tertiary/aromatic N) is 2. The molecule has 6 nitrogen and oxygen atoms in total. The molecule has 0 spiro atoms. The van der Waals surface area contributed by atoms with E-state index in [9.17, 15) is 9.59 Å². The number of amides is 2. The average molecular weight is 506 g/mol. The fraction of sp³-hybridized carbons (Fsp3) is 0.219. The van der Waals surface area contributed by atoms with Gasteiger partial charge < -0.3 is 15.0 Å². The molecule has 1 aliphatic heterocycles. The number of pyridine rings is 1. The zero-order valence-electron chi connectivity index (χ0n) is 21.6. The molecule has 2 unspecified atom stereocenters. The summed E-state index contributed by atoms with van der Waals surface area (Å²) in [5.41, 5.74) is 6.02. The molecule has 192 valence electrons. The predicted octanol–water partition coefficient (Wildman–Crippen LogP) is 5.26. The van der Waals surface area contributed by atoms with Crippen LogP contribution in [0.1, 0.15) is 51.1 Å². The van der Waals surface area contributed by atoms with Crippen molar-refractivity contribution in [1.82, 2.24) is 15.2 Å². The molecule has 2 heterocycles. The van der Waals surface area contributed by atoms with Crippen LogP contribution in [0.3, 0.4) is 0 Å². The van der Waals surface area contributed by atoms with Crippen LogP contribution in [0.2, 0.25) is 0 Å². The first kappa shape index (κ1) is 25.2. The van der Waals surface area contributed by atoms with Crippen LogP contribution in [0, 0.1) is 6.92 Å². The Morgan fingerprint density at radius 3 is 2.55 bits per heavy atom. The third-order valence-electron chi connectivity index (χ3n) is 6.88. The van der Waals surface area contributed by atoms with E-state index in [1.54, 1.807) is 19.3 Å². The SMILES string of the molecule is Cc1cccc(C2c3cc(OC(C)C(=O)NCc4ccncc4)ccc3CCN2C(=O)c2ccccc2)c1. The molecule has 0 saturated heterocycles. The number of carbonyl (C=O) groups is 2. The van der Waals surface area contributed by atoms with E-state index in [1.165, 1.54) is 5.56 Å². The molecule has 0 radical (unpaired) electrons. The molecular weight excluding hydrogens is 474 g/mol. The van der Waals surface area contributed by atoms with Gasteiger partial charge in [0.1, 0.15) is 5.75 Å². The quantitative estimate of drug-likeness (QED) is 0.372.